The minimum Gasteiger partial charge on any atom is -0.341 e. The highest BCUT2D eigenvalue weighted by Gasteiger charge is 2.34. The minimum absolute atomic E-state index is 0.334. The number of likely N-dealkylation sites (tertiary alicyclic amines) is 1. The molecule has 1 amide bonds. The second-order valence-corrected chi connectivity index (χ2v) is 5.80. The average Bonchev–Trinajstić information content (AvgIpc) is 2.86. The van der Waals surface area contributed by atoms with Gasteiger partial charge in [0.1, 0.15) is 0 Å². The van der Waals surface area contributed by atoms with Gasteiger partial charge in [-0.1, -0.05) is 6.92 Å². The third-order valence-corrected chi connectivity index (χ3v) is 4.17. The van der Waals surface area contributed by atoms with Gasteiger partial charge in [-0.25, -0.2) is 0 Å². The molecule has 3 atom stereocenters. The molecule has 98 valence electrons. The van der Waals surface area contributed by atoms with Crippen LogP contribution >= 0.6 is 0 Å². The summed E-state index contributed by atoms with van der Waals surface area (Å²) in [6.07, 6.45) is 3.06. The van der Waals surface area contributed by atoms with Crippen LogP contribution in [0.3, 0.4) is 0 Å². The Labute approximate surface area is 104 Å². The van der Waals surface area contributed by atoms with E-state index in [1.165, 1.54) is 6.42 Å². The van der Waals surface area contributed by atoms with Crippen LogP contribution in [0, 0.1) is 5.92 Å². The van der Waals surface area contributed by atoms with Crippen LogP contribution in [0.15, 0.2) is 0 Å². The van der Waals surface area contributed by atoms with Gasteiger partial charge in [0, 0.05) is 31.6 Å². The average molecular weight is 239 g/mol. The van der Waals surface area contributed by atoms with E-state index >= 15 is 0 Å². The number of nitrogens with one attached hydrogen (secondary N) is 1. The second kappa shape index (κ2) is 5.36. The first-order valence-corrected chi connectivity index (χ1v) is 6.75. The van der Waals surface area contributed by atoms with Crippen molar-refractivity contribution in [3.8, 4) is 0 Å². The molecule has 2 fully saturated rings. The van der Waals surface area contributed by atoms with Crippen molar-refractivity contribution >= 4 is 5.91 Å². The summed E-state index contributed by atoms with van der Waals surface area (Å²) in [5.41, 5.74) is 0. The molecular weight excluding hydrogens is 214 g/mol. The molecule has 4 heteroatoms. The normalized spacial score (nSPS) is 33.6. The molecule has 2 heterocycles. The number of carbonyl (C=O) groups is 1. The Balaban J connectivity index is 1.84. The molecule has 0 spiro atoms. The van der Waals surface area contributed by atoms with Gasteiger partial charge < -0.3 is 15.1 Å². The number of hydrogen-bond acceptors (Lipinski definition) is 3. The minimum atomic E-state index is 0.334. The monoisotopic (exact) mass is 239 g/mol. The Morgan fingerprint density at radius 1 is 1.41 bits per heavy atom. The van der Waals surface area contributed by atoms with E-state index in [9.17, 15) is 4.79 Å². The van der Waals surface area contributed by atoms with Gasteiger partial charge in [-0.05, 0) is 39.4 Å². The highest BCUT2D eigenvalue weighted by Crippen LogP contribution is 2.21. The van der Waals surface area contributed by atoms with Crippen LogP contribution in [0.4, 0.5) is 0 Å². The Morgan fingerprint density at radius 3 is 2.71 bits per heavy atom. The summed E-state index contributed by atoms with van der Waals surface area (Å²) in [5, 5.41) is 3.40. The quantitative estimate of drug-likeness (QED) is 0.781. The molecule has 2 saturated heterocycles. The van der Waals surface area contributed by atoms with Gasteiger partial charge in [-0.15, -0.1) is 0 Å². The summed E-state index contributed by atoms with van der Waals surface area (Å²) in [4.78, 5) is 16.5. The number of rotatable bonds is 3. The van der Waals surface area contributed by atoms with E-state index in [0.717, 1.165) is 26.1 Å². The third kappa shape index (κ3) is 2.99. The number of nitrogens with zero attached hydrogens (tertiary/aromatic N) is 2. The summed E-state index contributed by atoms with van der Waals surface area (Å²) in [5.74, 6) is 0.922. The Hall–Kier alpha value is -0.610. The fraction of sp³-hybridized carbons (Fsp3) is 0.923. The molecule has 0 aliphatic carbocycles. The lowest BCUT2D eigenvalue weighted by atomic mass is 10.1. The smallest absolute Gasteiger partial charge is 0.224 e. The number of carbonyl (C=O) groups excluding carboxylic acids is 1. The molecule has 0 aromatic carbocycles. The van der Waals surface area contributed by atoms with E-state index in [1.807, 2.05) is 0 Å². The fourth-order valence-electron chi connectivity index (χ4n) is 3.10. The van der Waals surface area contributed by atoms with E-state index in [4.69, 9.17) is 0 Å². The largest absolute Gasteiger partial charge is 0.341 e. The molecule has 0 aromatic rings. The van der Waals surface area contributed by atoms with Crippen molar-refractivity contribution in [3.05, 3.63) is 0 Å². The lowest BCUT2D eigenvalue weighted by molar-refractivity contribution is -0.130. The molecule has 2 rings (SSSR count). The predicted molar refractivity (Wildman–Crippen MR) is 68.9 cm³/mol. The molecule has 17 heavy (non-hydrogen) atoms. The van der Waals surface area contributed by atoms with Crippen molar-refractivity contribution in [3.63, 3.8) is 0 Å². The Kier molecular flexibility index (Phi) is 4.05. The van der Waals surface area contributed by atoms with Crippen LogP contribution in [-0.4, -0.2) is 61.5 Å². The lowest BCUT2D eigenvalue weighted by Gasteiger charge is -2.22. The number of likely N-dealkylation sites (N-methyl/N-ethyl adjacent to an activating group) is 1. The SMILES string of the molecule is CC1CN(C(=O)CC2CCCN2)CC1N(C)C. The lowest BCUT2D eigenvalue weighted by Crippen LogP contribution is -2.37. The molecule has 2 aliphatic rings. The summed E-state index contributed by atoms with van der Waals surface area (Å²) in [6.45, 7) is 5.15. The Morgan fingerprint density at radius 2 is 2.18 bits per heavy atom. The van der Waals surface area contributed by atoms with Gasteiger partial charge in [-0.2, -0.15) is 0 Å². The third-order valence-electron chi connectivity index (χ3n) is 4.17. The molecule has 0 saturated carbocycles. The topological polar surface area (TPSA) is 35.6 Å². The molecule has 3 unspecified atom stereocenters. The first kappa shape index (κ1) is 12.8. The maximum absolute atomic E-state index is 12.2. The van der Waals surface area contributed by atoms with E-state index in [1.54, 1.807) is 0 Å². The number of hydrogen-bond donors (Lipinski definition) is 1. The van der Waals surface area contributed by atoms with Gasteiger partial charge in [0.15, 0.2) is 0 Å². The summed E-state index contributed by atoms with van der Waals surface area (Å²) in [6, 6.07) is 0.951. The van der Waals surface area contributed by atoms with Crippen LogP contribution in [0.5, 0.6) is 0 Å². The van der Waals surface area contributed by atoms with Crippen molar-refractivity contribution < 1.29 is 4.79 Å². The zero-order valence-electron chi connectivity index (χ0n) is 11.3. The highest BCUT2D eigenvalue weighted by molar-refractivity contribution is 5.77. The van der Waals surface area contributed by atoms with Gasteiger partial charge >= 0.3 is 0 Å². The van der Waals surface area contributed by atoms with Crippen molar-refractivity contribution in [1.82, 2.24) is 15.1 Å². The van der Waals surface area contributed by atoms with Crippen molar-refractivity contribution in [2.45, 2.75) is 38.3 Å². The van der Waals surface area contributed by atoms with Gasteiger partial charge in [0.2, 0.25) is 5.91 Å². The standard InChI is InChI=1S/C13H25N3O/c1-10-8-16(9-12(10)15(2)3)13(17)7-11-5-4-6-14-11/h10-12,14H,4-9H2,1-3H3. The van der Waals surface area contributed by atoms with Gasteiger partial charge in [0.05, 0.1) is 0 Å². The Bertz CT molecular complexity index is 274. The van der Waals surface area contributed by atoms with Crippen LogP contribution in [0.2, 0.25) is 0 Å². The van der Waals surface area contributed by atoms with Crippen LogP contribution in [0.25, 0.3) is 0 Å². The highest BCUT2D eigenvalue weighted by atomic mass is 16.2. The first-order chi connectivity index (χ1) is 8.08. The molecular formula is C13H25N3O. The van der Waals surface area contributed by atoms with Crippen LogP contribution in [-0.2, 0) is 4.79 Å². The maximum atomic E-state index is 12.2. The van der Waals surface area contributed by atoms with E-state index in [0.29, 0.717) is 30.3 Å². The van der Waals surface area contributed by atoms with Gasteiger partial charge in [0.25, 0.3) is 0 Å². The molecule has 0 radical (unpaired) electrons. The molecule has 0 aromatic heterocycles. The number of amides is 1. The maximum Gasteiger partial charge on any atom is 0.224 e. The summed E-state index contributed by atoms with van der Waals surface area (Å²) >= 11 is 0. The van der Waals surface area contributed by atoms with Crippen molar-refractivity contribution in [1.29, 1.82) is 0 Å². The second-order valence-electron chi connectivity index (χ2n) is 5.80. The molecule has 4 nitrogen and oxygen atoms in total. The van der Waals surface area contributed by atoms with Crippen LogP contribution in [0.1, 0.15) is 26.2 Å². The van der Waals surface area contributed by atoms with E-state index < -0.39 is 0 Å². The first-order valence-electron chi connectivity index (χ1n) is 6.75. The zero-order chi connectivity index (χ0) is 12.4. The summed E-state index contributed by atoms with van der Waals surface area (Å²) in [7, 11) is 4.21. The zero-order valence-corrected chi connectivity index (χ0v) is 11.3. The fourth-order valence-corrected chi connectivity index (χ4v) is 3.10. The predicted octanol–water partition coefficient (Wildman–Crippen LogP) is 0.537. The molecule has 2 aliphatic heterocycles. The van der Waals surface area contributed by atoms with Crippen LogP contribution < -0.4 is 5.32 Å². The van der Waals surface area contributed by atoms with E-state index in [2.05, 4.69) is 36.1 Å². The van der Waals surface area contributed by atoms with E-state index in [-0.39, 0.29) is 0 Å². The summed E-state index contributed by atoms with van der Waals surface area (Å²) < 4.78 is 0. The molecule has 1 N–H and O–H groups in total. The van der Waals surface area contributed by atoms with Crippen molar-refractivity contribution in [2.75, 3.05) is 33.7 Å². The van der Waals surface area contributed by atoms with Crippen molar-refractivity contribution in [2.24, 2.45) is 5.92 Å². The van der Waals surface area contributed by atoms with Gasteiger partial charge in [-0.3, -0.25) is 4.79 Å². The molecule has 0 bridgehead atoms.